The van der Waals surface area contributed by atoms with Gasteiger partial charge in [0.25, 0.3) is 0 Å². The van der Waals surface area contributed by atoms with E-state index < -0.39 is 0 Å². The van der Waals surface area contributed by atoms with E-state index in [-0.39, 0.29) is 17.6 Å². The summed E-state index contributed by atoms with van der Waals surface area (Å²) >= 11 is 3.50. The Labute approximate surface area is 124 Å². The zero-order valence-electron chi connectivity index (χ0n) is 12.1. The largest absolute Gasteiger partial charge is 0.391 e. The number of hydrogen-bond acceptors (Lipinski definition) is 2. The maximum atomic E-state index is 10.5. The zero-order chi connectivity index (χ0) is 14.0. The van der Waals surface area contributed by atoms with Gasteiger partial charge in [0.2, 0.25) is 0 Å². The third-order valence-corrected chi connectivity index (χ3v) is 5.10. The number of hydrogen-bond donors (Lipinski definition) is 1. The number of aliphatic hydroxyl groups excluding tert-OH is 1. The fourth-order valence-electron chi connectivity index (χ4n) is 3.52. The molecule has 0 bridgehead atoms. The lowest BCUT2D eigenvalue weighted by Gasteiger charge is -2.52. The van der Waals surface area contributed by atoms with Crippen molar-refractivity contribution in [3.05, 3.63) is 34.3 Å². The van der Waals surface area contributed by atoms with Gasteiger partial charge in [-0.15, -0.1) is 0 Å². The Hall–Kier alpha value is -0.380. The lowest BCUT2D eigenvalue weighted by Crippen LogP contribution is -2.57. The van der Waals surface area contributed by atoms with Crippen LogP contribution in [0.15, 0.2) is 28.7 Å². The van der Waals surface area contributed by atoms with Gasteiger partial charge < -0.3 is 10.0 Å². The van der Waals surface area contributed by atoms with Gasteiger partial charge in [-0.3, -0.25) is 0 Å². The predicted molar refractivity (Wildman–Crippen MR) is 83.4 cm³/mol. The molecule has 1 aliphatic rings. The highest BCUT2D eigenvalue weighted by atomic mass is 79.9. The summed E-state index contributed by atoms with van der Waals surface area (Å²) in [5, 5.41) is 10.5. The number of nitrogens with zero attached hydrogens (tertiary/aromatic N) is 1. The molecule has 1 aromatic carbocycles. The number of likely N-dealkylation sites (N-methyl/N-ethyl adjacent to an activating group) is 1. The summed E-state index contributed by atoms with van der Waals surface area (Å²) in [7, 11) is 4.17. The number of aliphatic hydroxyl groups is 1. The summed E-state index contributed by atoms with van der Waals surface area (Å²) in [6.45, 7) is 2.06. The summed E-state index contributed by atoms with van der Waals surface area (Å²) in [4.78, 5) is 2.20. The molecule has 0 radical (unpaired) electrons. The third kappa shape index (κ3) is 2.74. The van der Waals surface area contributed by atoms with Gasteiger partial charge >= 0.3 is 0 Å². The first-order valence-corrected chi connectivity index (χ1v) is 7.91. The van der Waals surface area contributed by atoms with Crippen LogP contribution >= 0.6 is 15.9 Å². The summed E-state index contributed by atoms with van der Waals surface area (Å²) in [5.74, 6) is 0. The highest BCUT2D eigenvalue weighted by molar-refractivity contribution is 9.10. The van der Waals surface area contributed by atoms with Crippen LogP contribution in [-0.4, -0.2) is 36.2 Å². The second kappa shape index (κ2) is 5.94. The Balaban J connectivity index is 2.37. The Morgan fingerprint density at radius 1 is 1.26 bits per heavy atom. The van der Waals surface area contributed by atoms with E-state index in [4.69, 9.17) is 0 Å². The SMILES string of the molecule is CCC(O)C(N(C)C)C1(c2ccc(Br)cc2)CCC1. The second-order valence-corrected chi connectivity index (χ2v) is 6.82. The lowest BCUT2D eigenvalue weighted by molar-refractivity contribution is -0.00764. The van der Waals surface area contributed by atoms with Gasteiger partial charge in [-0.2, -0.15) is 0 Å². The molecule has 1 aliphatic carbocycles. The minimum absolute atomic E-state index is 0.125. The highest BCUT2D eigenvalue weighted by Gasteiger charge is 2.48. The molecule has 0 aromatic heterocycles. The number of halogens is 1. The molecule has 0 aliphatic heterocycles. The van der Waals surface area contributed by atoms with Gasteiger partial charge in [-0.25, -0.2) is 0 Å². The van der Waals surface area contributed by atoms with Crippen LogP contribution in [0, 0.1) is 0 Å². The van der Waals surface area contributed by atoms with E-state index in [0.29, 0.717) is 0 Å². The average molecular weight is 326 g/mol. The molecule has 0 amide bonds. The van der Waals surface area contributed by atoms with Gasteiger partial charge in [-0.05, 0) is 51.1 Å². The lowest BCUT2D eigenvalue weighted by atomic mass is 9.58. The minimum atomic E-state index is -0.265. The minimum Gasteiger partial charge on any atom is -0.391 e. The molecular formula is C16H24BrNO. The predicted octanol–water partition coefficient (Wildman–Crippen LogP) is 3.57. The molecule has 106 valence electrons. The Kier molecular flexibility index (Phi) is 4.70. The maximum Gasteiger partial charge on any atom is 0.0701 e. The first kappa shape index (κ1) is 15.0. The maximum absolute atomic E-state index is 10.5. The molecule has 0 saturated heterocycles. The van der Waals surface area contributed by atoms with E-state index in [2.05, 4.69) is 66.1 Å². The van der Waals surface area contributed by atoms with Crippen molar-refractivity contribution in [2.45, 2.75) is 50.2 Å². The van der Waals surface area contributed by atoms with Crippen LogP contribution < -0.4 is 0 Å². The monoisotopic (exact) mass is 325 g/mol. The topological polar surface area (TPSA) is 23.5 Å². The van der Waals surface area contributed by atoms with E-state index in [9.17, 15) is 5.11 Å². The second-order valence-electron chi connectivity index (χ2n) is 5.90. The van der Waals surface area contributed by atoms with Crippen molar-refractivity contribution in [2.24, 2.45) is 0 Å². The molecule has 2 atom stereocenters. The fourth-order valence-corrected chi connectivity index (χ4v) is 3.79. The molecule has 0 spiro atoms. The van der Waals surface area contributed by atoms with E-state index in [1.807, 2.05) is 0 Å². The number of benzene rings is 1. The quantitative estimate of drug-likeness (QED) is 0.894. The van der Waals surface area contributed by atoms with Crippen molar-refractivity contribution in [3.8, 4) is 0 Å². The van der Waals surface area contributed by atoms with Crippen molar-refractivity contribution in [3.63, 3.8) is 0 Å². The summed E-state index contributed by atoms with van der Waals surface area (Å²) in [6.07, 6.45) is 4.15. The Morgan fingerprint density at radius 2 is 1.84 bits per heavy atom. The van der Waals surface area contributed by atoms with E-state index in [1.165, 1.54) is 24.8 Å². The first-order chi connectivity index (χ1) is 9.01. The van der Waals surface area contributed by atoms with E-state index >= 15 is 0 Å². The zero-order valence-corrected chi connectivity index (χ0v) is 13.7. The van der Waals surface area contributed by atoms with Crippen molar-refractivity contribution < 1.29 is 5.11 Å². The van der Waals surface area contributed by atoms with E-state index in [0.717, 1.165) is 10.9 Å². The van der Waals surface area contributed by atoms with Crippen LogP contribution in [0.3, 0.4) is 0 Å². The van der Waals surface area contributed by atoms with Crippen LogP contribution in [0.5, 0.6) is 0 Å². The van der Waals surface area contributed by atoms with Gasteiger partial charge in [0, 0.05) is 15.9 Å². The van der Waals surface area contributed by atoms with Crippen LogP contribution in [0.1, 0.15) is 38.2 Å². The first-order valence-electron chi connectivity index (χ1n) is 7.12. The summed E-state index contributed by atoms with van der Waals surface area (Å²) in [5.41, 5.74) is 1.49. The average Bonchev–Trinajstić information content (AvgIpc) is 2.33. The van der Waals surface area contributed by atoms with Crippen molar-refractivity contribution in [2.75, 3.05) is 14.1 Å². The highest BCUT2D eigenvalue weighted by Crippen LogP contribution is 2.49. The van der Waals surface area contributed by atoms with Gasteiger partial charge in [0.05, 0.1) is 6.10 Å². The van der Waals surface area contributed by atoms with Crippen molar-refractivity contribution in [1.29, 1.82) is 0 Å². The normalized spacial score (nSPS) is 20.9. The smallest absolute Gasteiger partial charge is 0.0701 e. The number of rotatable bonds is 5. The van der Waals surface area contributed by atoms with Gasteiger partial charge in [-0.1, -0.05) is 41.4 Å². The standard InChI is InChI=1S/C16H24BrNO/c1-4-14(19)15(18(2)3)16(10-5-11-16)12-6-8-13(17)9-7-12/h6-9,14-15,19H,4-5,10-11H2,1-3H3. The van der Waals surface area contributed by atoms with Crippen LogP contribution in [0.2, 0.25) is 0 Å². The fraction of sp³-hybridized carbons (Fsp3) is 0.625. The molecule has 2 rings (SSSR count). The summed E-state index contributed by atoms with van der Waals surface area (Å²) in [6, 6.07) is 8.85. The van der Waals surface area contributed by atoms with Gasteiger partial charge in [0.15, 0.2) is 0 Å². The van der Waals surface area contributed by atoms with Crippen LogP contribution in [0.25, 0.3) is 0 Å². The molecule has 1 fully saturated rings. The molecule has 19 heavy (non-hydrogen) atoms. The van der Waals surface area contributed by atoms with Crippen molar-refractivity contribution >= 4 is 15.9 Å². The Morgan fingerprint density at radius 3 is 2.21 bits per heavy atom. The molecule has 0 heterocycles. The van der Waals surface area contributed by atoms with Crippen LogP contribution in [-0.2, 0) is 5.41 Å². The van der Waals surface area contributed by atoms with Crippen molar-refractivity contribution in [1.82, 2.24) is 4.90 Å². The third-order valence-electron chi connectivity index (χ3n) is 4.57. The van der Waals surface area contributed by atoms with Crippen LogP contribution in [0.4, 0.5) is 0 Å². The Bertz CT molecular complexity index is 411. The molecular weight excluding hydrogens is 302 g/mol. The van der Waals surface area contributed by atoms with Gasteiger partial charge in [0.1, 0.15) is 0 Å². The molecule has 2 nitrogen and oxygen atoms in total. The molecule has 1 aromatic rings. The van der Waals surface area contributed by atoms with E-state index in [1.54, 1.807) is 0 Å². The summed E-state index contributed by atoms with van der Waals surface area (Å²) < 4.78 is 1.11. The molecule has 1 saturated carbocycles. The molecule has 2 unspecified atom stereocenters. The molecule has 1 N–H and O–H groups in total. The molecule has 3 heteroatoms.